The summed E-state index contributed by atoms with van der Waals surface area (Å²) in [6.07, 6.45) is -30.2. The first-order valence-corrected chi connectivity index (χ1v) is 33.3. The maximum absolute atomic E-state index is 15.0. The van der Waals surface area contributed by atoms with Gasteiger partial charge in [-0.3, -0.25) is 33.7 Å². The number of aliphatic hydroxyl groups excluding tert-OH is 1. The fourth-order valence-corrected chi connectivity index (χ4v) is 12.0. The molecular weight excluding hydrogens is 1390 g/mol. The van der Waals surface area contributed by atoms with Crippen molar-refractivity contribution in [1.82, 2.24) is 4.90 Å². The van der Waals surface area contributed by atoms with E-state index in [0.29, 0.717) is 10.5 Å². The predicted octanol–water partition coefficient (Wildman–Crippen LogP) is 5.96. The highest BCUT2D eigenvalue weighted by Crippen LogP contribution is 2.42. The van der Waals surface area contributed by atoms with Gasteiger partial charge in [-0.2, -0.15) is 0 Å². The zero-order chi connectivity index (χ0) is 76.2. The van der Waals surface area contributed by atoms with E-state index >= 15 is 0 Å². The van der Waals surface area contributed by atoms with Gasteiger partial charge in [0, 0.05) is 41.5 Å². The second-order valence-electron chi connectivity index (χ2n) is 24.3. The lowest BCUT2D eigenvalue weighted by atomic mass is 9.86. The molecule has 3 aliphatic rings. The number of methoxy groups -OCH3 is 1. The van der Waals surface area contributed by atoms with Crippen molar-refractivity contribution in [3.8, 4) is 0 Å². The van der Waals surface area contributed by atoms with Gasteiger partial charge in [0.05, 0.1) is 54.6 Å². The summed E-state index contributed by atoms with van der Waals surface area (Å²) >= 11 is 0. The first-order valence-electron chi connectivity index (χ1n) is 33.3. The molecule has 3 saturated heterocycles. The molecule has 0 saturated carbocycles. The molecule has 1 N–H and O–H groups in total. The molecule has 560 valence electrons. The predicted molar refractivity (Wildman–Crippen MR) is 359 cm³/mol. The smallest absolute Gasteiger partial charge is 0.366 e. The van der Waals surface area contributed by atoms with E-state index in [1.807, 2.05) is 0 Å². The van der Waals surface area contributed by atoms with Gasteiger partial charge >= 0.3 is 59.7 Å². The molecule has 3 aliphatic heterocycles. The van der Waals surface area contributed by atoms with Gasteiger partial charge in [-0.15, -0.1) is 0 Å². The Bertz CT molecular complexity index is 4030. The molecule has 30 heteroatoms. The number of hydrogen-bond donors (Lipinski definition) is 1. The summed E-state index contributed by atoms with van der Waals surface area (Å²) in [6.45, 7) is 2.30. The number of imide groups is 1. The standard InChI is InChI=1S/C76H77NO29/c1-43(78)77(44(2)79)59-55(96-46(4)81)38-76(75(90)91-7,106-63(59)61(98-48(6)83)57(97-47(5)82)40-92-45(3)80)95-42-56-60(84)64(101-69(86)51-30-18-10-19-31-51)66(103-71(88)53-34-22-12-23-35-53)74(99-56)105-62-58(41-93-68(85)50-28-16-9-17-29-50)100-73(94-39-49-26-14-8-15-27-49)67(104-72(89)54-36-24-13-25-37-54)65(62)102-70(87)52-32-20-11-21-33-52/h8-37,55-67,73-74,84H,38-42H2,1-7H3/t55-,56+,57+,58+,59+,60-,61+,62+,63+,64-,65-,66+,67+,73+,74-,76+/m0/s1. The van der Waals surface area contributed by atoms with Gasteiger partial charge in [-0.05, 0) is 66.2 Å². The van der Waals surface area contributed by atoms with E-state index in [4.69, 9.17) is 75.8 Å². The topological polar surface area (TPSA) is 376 Å². The van der Waals surface area contributed by atoms with Crippen LogP contribution >= 0.6 is 0 Å². The molecule has 9 rings (SSSR count). The van der Waals surface area contributed by atoms with E-state index in [1.54, 1.807) is 84.9 Å². The zero-order valence-corrected chi connectivity index (χ0v) is 58.3. The highest BCUT2D eigenvalue weighted by molar-refractivity contribution is 5.94. The van der Waals surface area contributed by atoms with E-state index in [-0.39, 0.29) is 34.4 Å². The van der Waals surface area contributed by atoms with Crippen molar-refractivity contribution in [2.45, 2.75) is 152 Å². The van der Waals surface area contributed by atoms with Gasteiger partial charge in [0.15, 0.2) is 49.2 Å². The van der Waals surface area contributed by atoms with Crippen molar-refractivity contribution in [2.75, 3.05) is 26.9 Å². The third-order valence-corrected chi connectivity index (χ3v) is 16.7. The molecule has 3 fully saturated rings. The maximum Gasteiger partial charge on any atom is 0.366 e. The number of aliphatic hydroxyl groups is 1. The van der Waals surface area contributed by atoms with Gasteiger partial charge in [0.1, 0.15) is 55.9 Å². The molecule has 16 atom stereocenters. The Morgan fingerprint density at radius 2 is 0.906 bits per heavy atom. The van der Waals surface area contributed by atoms with Crippen molar-refractivity contribution >= 4 is 71.5 Å². The van der Waals surface area contributed by atoms with Crippen molar-refractivity contribution in [3.63, 3.8) is 0 Å². The minimum atomic E-state index is -3.12. The number of carbonyl (C=O) groups excluding carboxylic acids is 12. The molecule has 0 bridgehead atoms. The number of carbonyl (C=O) groups is 12. The van der Waals surface area contributed by atoms with E-state index in [9.17, 15) is 62.6 Å². The normalized spacial score (nSPS) is 24.5. The molecule has 30 nitrogen and oxygen atoms in total. The lowest BCUT2D eigenvalue weighted by molar-refractivity contribution is -0.366. The quantitative estimate of drug-likeness (QED) is 0.0437. The van der Waals surface area contributed by atoms with Crippen LogP contribution in [0.5, 0.6) is 0 Å². The van der Waals surface area contributed by atoms with Crippen LogP contribution in [0.15, 0.2) is 182 Å². The number of ether oxygens (including phenoxy) is 16. The highest BCUT2D eigenvalue weighted by atomic mass is 16.8. The summed E-state index contributed by atoms with van der Waals surface area (Å²) in [4.78, 5) is 168. The first kappa shape index (κ1) is 79.0. The van der Waals surface area contributed by atoms with Crippen LogP contribution in [-0.4, -0.2) is 206 Å². The van der Waals surface area contributed by atoms with Crippen molar-refractivity contribution < 1.29 is 138 Å². The van der Waals surface area contributed by atoms with Crippen molar-refractivity contribution in [2.24, 2.45) is 0 Å². The molecule has 0 aliphatic carbocycles. The average molecular weight is 1470 g/mol. The summed E-state index contributed by atoms with van der Waals surface area (Å²) in [6, 6.07) is 43.9. The number of amides is 2. The number of hydrogen-bond acceptors (Lipinski definition) is 29. The highest BCUT2D eigenvalue weighted by Gasteiger charge is 2.63. The minimum absolute atomic E-state index is 0.0203. The lowest BCUT2D eigenvalue weighted by Crippen LogP contribution is -2.71. The van der Waals surface area contributed by atoms with Gasteiger partial charge < -0.3 is 80.9 Å². The molecule has 3 heterocycles. The van der Waals surface area contributed by atoms with Gasteiger partial charge in [-0.1, -0.05) is 121 Å². The van der Waals surface area contributed by atoms with Crippen LogP contribution in [0.25, 0.3) is 0 Å². The van der Waals surface area contributed by atoms with E-state index in [2.05, 4.69) is 0 Å². The molecule has 0 radical (unpaired) electrons. The average Bonchev–Trinajstić information content (AvgIpc) is 0.744. The fourth-order valence-electron chi connectivity index (χ4n) is 12.0. The van der Waals surface area contributed by atoms with Crippen LogP contribution < -0.4 is 0 Å². The summed E-state index contributed by atoms with van der Waals surface area (Å²) in [5.74, 6) is -16.4. The van der Waals surface area contributed by atoms with Gasteiger partial charge in [0.2, 0.25) is 11.8 Å². The molecule has 6 aromatic rings. The van der Waals surface area contributed by atoms with E-state index in [0.717, 1.165) is 48.7 Å². The molecule has 0 spiro atoms. The number of nitrogens with zero attached hydrogens (tertiary/aromatic N) is 1. The molecular formula is C76H77NO29. The largest absolute Gasteiger partial charge is 0.465 e. The molecule has 106 heavy (non-hydrogen) atoms. The lowest BCUT2D eigenvalue weighted by Gasteiger charge is -2.51. The Balaban J connectivity index is 1.24. The maximum atomic E-state index is 15.0. The van der Waals surface area contributed by atoms with Gasteiger partial charge in [0.25, 0.3) is 5.79 Å². The van der Waals surface area contributed by atoms with E-state index in [1.165, 1.54) is 97.1 Å². The van der Waals surface area contributed by atoms with Crippen LogP contribution in [0.3, 0.4) is 0 Å². The summed E-state index contributed by atoms with van der Waals surface area (Å²) in [5, 5.41) is 13.0. The van der Waals surface area contributed by atoms with Crippen molar-refractivity contribution in [1.29, 1.82) is 0 Å². The Kier molecular flexibility index (Phi) is 27.6. The van der Waals surface area contributed by atoms with Crippen LogP contribution in [0.4, 0.5) is 0 Å². The summed E-state index contributed by atoms with van der Waals surface area (Å²) in [7, 11) is 0.852. The minimum Gasteiger partial charge on any atom is -0.465 e. The Labute approximate surface area is 607 Å². The zero-order valence-electron chi connectivity index (χ0n) is 58.3. The SMILES string of the molecule is COC(=O)[C@@]1(OC[C@H]2O[C@@H](O[C@H]3[C@H](OC(=O)c4ccccc4)[C@@H](OC(=O)c4ccccc4)[C@H](OCc4ccccc4)O[C@@H]3COC(=O)c3ccccc3)[C@H](OC(=O)c3ccccc3)[C@@H](OC(=O)c3ccccc3)[C@H]2O)C[C@H](OC(C)=O)[C@@H](N(C(C)=O)C(C)=O)[C@H]([C@H](OC(C)=O)[C@@H](COC(C)=O)OC(C)=O)O1. The third kappa shape index (κ3) is 20.4. The molecule has 0 unspecified atom stereocenters. The van der Waals surface area contributed by atoms with Crippen LogP contribution in [0, 0.1) is 0 Å². The summed E-state index contributed by atoms with van der Waals surface area (Å²) < 4.78 is 98.9. The number of rotatable bonds is 28. The van der Waals surface area contributed by atoms with Crippen LogP contribution in [0.2, 0.25) is 0 Å². The number of benzene rings is 6. The van der Waals surface area contributed by atoms with Crippen LogP contribution in [0.1, 0.15) is 105 Å². The first-order chi connectivity index (χ1) is 50.8. The van der Waals surface area contributed by atoms with E-state index < -0.39 is 195 Å². The Morgan fingerprint density at radius 1 is 0.472 bits per heavy atom. The van der Waals surface area contributed by atoms with Crippen molar-refractivity contribution in [3.05, 3.63) is 215 Å². The number of esters is 10. The van der Waals surface area contributed by atoms with Crippen LogP contribution in [-0.2, 0) is 116 Å². The van der Waals surface area contributed by atoms with Gasteiger partial charge in [-0.25, -0.2) is 28.8 Å². The molecule has 2 amide bonds. The Morgan fingerprint density at radius 3 is 1.35 bits per heavy atom. The molecule has 6 aromatic carbocycles. The monoisotopic (exact) mass is 1470 g/mol. The fraction of sp³-hybridized carbons (Fsp3) is 0.368. The second-order valence-corrected chi connectivity index (χ2v) is 24.3. The second kappa shape index (κ2) is 37.0. The molecule has 0 aromatic heterocycles. The Hall–Kier alpha value is -11.1. The summed E-state index contributed by atoms with van der Waals surface area (Å²) in [5.41, 5.74) is 0.264. The third-order valence-electron chi connectivity index (χ3n) is 16.7.